The second-order valence-electron chi connectivity index (χ2n) is 5.44. The minimum Gasteiger partial charge on any atom is -0.508 e. The molecule has 0 fully saturated rings. The number of phenols is 2. The van der Waals surface area contributed by atoms with Crippen LogP contribution in [0.1, 0.15) is 35.7 Å². The third-order valence-electron chi connectivity index (χ3n) is 3.50. The molecule has 0 bridgehead atoms. The largest absolute Gasteiger partial charge is 0.508 e. The first-order chi connectivity index (χ1) is 11.0. The number of aromatic hydroxyl groups is 2. The molecule has 0 saturated carbocycles. The maximum atomic E-state index is 12.2. The average Bonchev–Trinajstić information content (AvgIpc) is 2.45. The Morgan fingerprint density at radius 2 is 1.96 bits per heavy atom. The number of hydrogen-bond donors (Lipinski definition) is 2. The number of esters is 1. The van der Waals surface area contributed by atoms with Gasteiger partial charge in [0.1, 0.15) is 17.1 Å². The Labute approximate surface area is 134 Å². The predicted molar refractivity (Wildman–Crippen MR) is 82.6 cm³/mol. The van der Waals surface area contributed by atoms with E-state index in [1.54, 1.807) is 6.08 Å². The Bertz CT molecular complexity index is 620. The third-order valence-corrected chi connectivity index (χ3v) is 3.50. The lowest BCUT2D eigenvalue weighted by molar-refractivity contribution is -0.114. The van der Waals surface area contributed by atoms with Crippen molar-refractivity contribution in [3.8, 4) is 11.5 Å². The first-order valence-electron chi connectivity index (χ1n) is 7.50. The number of carbonyl (C=O) groups excluding carboxylic acids is 2. The van der Waals surface area contributed by atoms with Crippen LogP contribution in [0.15, 0.2) is 24.3 Å². The second-order valence-corrected chi connectivity index (χ2v) is 5.44. The number of phenolic OH excluding ortho intramolecular Hbond substituents is 2. The highest BCUT2D eigenvalue weighted by atomic mass is 16.5. The summed E-state index contributed by atoms with van der Waals surface area (Å²) in [6, 6.07) is 2.34. The minimum atomic E-state index is -0.724. The van der Waals surface area contributed by atoms with E-state index in [9.17, 15) is 19.8 Å². The summed E-state index contributed by atoms with van der Waals surface area (Å²) in [7, 11) is 0. The zero-order valence-corrected chi connectivity index (χ0v) is 12.9. The fraction of sp³-hybridized carbons (Fsp3) is 0.412. The number of ketones is 1. The van der Waals surface area contributed by atoms with Crippen LogP contribution in [0, 0.1) is 0 Å². The molecule has 2 N–H and O–H groups in total. The van der Waals surface area contributed by atoms with Crippen molar-refractivity contribution in [1.82, 2.24) is 0 Å². The standard InChI is InChI=1S/C17H20O6/c1-11-5-7-23-17(21)16-12(9-14(19)10-15(16)20)8-13(18)4-2-3-6-22-11/h2,4,9-11,19-20H,3,5-8H2,1H3/b4-2+. The van der Waals surface area contributed by atoms with Crippen molar-refractivity contribution >= 4 is 11.8 Å². The number of cyclic esters (lactones) is 1. The number of carbonyl (C=O) groups is 2. The fourth-order valence-corrected chi connectivity index (χ4v) is 2.32. The fourth-order valence-electron chi connectivity index (χ4n) is 2.32. The van der Waals surface area contributed by atoms with Crippen molar-refractivity contribution in [3.63, 3.8) is 0 Å². The molecule has 0 amide bonds. The quantitative estimate of drug-likeness (QED) is 0.711. The predicted octanol–water partition coefficient (Wildman–Crippen LogP) is 2.12. The molecule has 0 aromatic heterocycles. The van der Waals surface area contributed by atoms with Crippen LogP contribution in [0.25, 0.3) is 0 Å². The van der Waals surface area contributed by atoms with E-state index in [2.05, 4.69) is 0 Å². The third kappa shape index (κ3) is 4.82. The number of ether oxygens (including phenoxy) is 2. The van der Waals surface area contributed by atoms with Gasteiger partial charge in [0.25, 0.3) is 0 Å². The zero-order valence-electron chi connectivity index (χ0n) is 12.9. The van der Waals surface area contributed by atoms with Crippen LogP contribution in [0.2, 0.25) is 0 Å². The van der Waals surface area contributed by atoms with Crippen LogP contribution in [0.5, 0.6) is 11.5 Å². The SMILES string of the molecule is CC1CCOC(=O)c2c(O)cc(O)cc2CC(=O)/C=C/CCO1. The lowest BCUT2D eigenvalue weighted by Crippen LogP contribution is -2.17. The van der Waals surface area contributed by atoms with Crippen molar-refractivity contribution in [1.29, 1.82) is 0 Å². The van der Waals surface area contributed by atoms with Gasteiger partial charge in [0.2, 0.25) is 0 Å². The van der Waals surface area contributed by atoms with Crippen LogP contribution in [0.3, 0.4) is 0 Å². The zero-order chi connectivity index (χ0) is 16.8. The summed E-state index contributed by atoms with van der Waals surface area (Å²) in [5, 5.41) is 19.5. The van der Waals surface area contributed by atoms with Crippen LogP contribution >= 0.6 is 0 Å². The highest BCUT2D eigenvalue weighted by Gasteiger charge is 2.21. The van der Waals surface area contributed by atoms with Gasteiger partial charge in [-0.1, -0.05) is 6.08 Å². The lowest BCUT2D eigenvalue weighted by atomic mass is 10.0. The molecule has 1 aliphatic heterocycles. The molecule has 23 heavy (non-hydrogen) atoms. The van der Waals surface area contributed by atoms with Crippen LogP contribution in [0.4, 0.5) is 0 Å². The molecule has 2 rings (SSSR count). The van der Waals surface area contributed by atoms with Gasteiger partial charge in [-0.2, -0.15) is 0 Å². The maximum Gasteiger partial charge on any atom is 0.342 e. The van der Waals surface area contributed by atoms with Gasteiger partial charge in [-0.25, -0.2) is 4.79 Å². The van der Waals surface area contributed by atoms with Crippen molar-refractivity contribution in [3.05, 3.63) is 35.4 Å². The number of allylic oxidation sites excluding steroid dienone is 1. The number of benzene rings is 1. The molecule has 1 aromatic rings. The van der Waals surface area contributed by atoms with Gasteiger partial charge in [-0.05, 0) is 31.1 Å². The van der Waals surface area contributed by atoms with Crippen LogP contribution in [-0.2, 0) is 20.7 Å². The normalized spacial score (nSPS) is 21.9. The molecule has 1 unspecified atom stereocenters. The van der Waals surface area contributed by atoms with E-state index in [0.29, 0.717) is 19.4 Å². The van der Waals surface area contributed by atoms with E-state index in [1.807, 2.05) is 6.92 Å². The Balaban J connectivity index is 2.32. The molecular formula is C17H20O6. The van der Waals surface area contributed by atoms with Gasteiger partial charge >= 0.3 is 5.97 Å². The summed E-state index contributed by atoms with van der Waals surface area (Å²) in [5.74, 6) is -1.58. The van der Waals surface area contributed by atoms with Crippen molar-refractivity contribution in [2.45, 2.75) is 32.3 Å². The Morgan fingerprint density at radius 1 is 1.17 bits per heavy atom. The Kier molecular flexibility index (Phi) is 5.76. The average molecular weight is 320 g/mol. The monoisotopic (exact) mass is 320 g/mol. The molecule has 6 heteroatoms. The van der Waals surface area contributed by atoms with Gasteiger partial charge in [0.05, 0.1) is 19.3 Å². The van der Waals surface area contributed by atoms with Crippen molar-refractivity contribution in [2.75, 3.05) is 13.2 Å². The van der Waals surface area contributed by atoms with E-state index in [4.69, 9.17) is 9.47 Å². The second kappa shape index (κ2) is 7.78. The van der Waals surface area contributed by atoms with E-state index in [-0.39, 0.29) is 41.8 Å². The number of fused-ring (bicyclic) bond motifs is 1. The minimum absolute atomic E-state index is 0.0808. The summed E-state index contributed by atoms with van der Waals surface area (Å²) in [4.78, 5) is 24.2. The summed E-state index contributed by atoms with van der Waals surface area (Å²) in [6.07, 6.45) is 4.07. The van der Waals surface area contributed by atoms with Crippen molar-refractivity contribution < 1.29 is 29.3 Å². The first-order valence-corrected chi connectivity index (χ1v) is 7.50. The topological polar surface area (TPSA) is 93.1 Å². The van der Waals surface area contributed by atoms with E-state index < -0.39 is 11.7 Å². The lowest BCUT2D eigenvalue weighted by Gasteiger charge is -2.15. The first kappa shape index (κ1) is 17.0. The highest BCUT2D eigenvalue weighted by Crippen LogP contribution is 2.28. The smallest absolute Gasteiger partial charge is 0.342 e. The van der Waals surface area contributed by atoms with E-state index >= 15 is 0 Å². The van der Waals surface area contributed by atoms with Gasteiger partial charge in [0, 0.05) is 18.9 Å². The molecule has 0 saturated heterocycles. The highest BCUT2D eigenvalue weighted by molar-refractivity contribution is 5.98. The summed E-state index contributed by atoms with van der Waals surface area (Å²) < 4.78 is 10.7. The molecule has 124 valence electrons. The maximum absolute atomic E-state index is 12.2. The molecular weight excluding hydrogens is 300 g/mol. The van der Waals surface area contributed by atoms with Gasteiger partial charge in [-0.15, -0.1) is 0 Å². The Hall–Kier alpha value is -2.34. The molecule has 0 spiro atoms. The van der Waals surface area contributed by atoms with E-state index in [1.165, 1.54) is 12.1 Å². The molecule has 0 radical (unpaired) electrons. The molecule has 1 aliphatic rings. The number of rotatable bonds is 0. The summed E-state index contributed by atoms with van der Waals surface area (Å²) in [5.41, 5.74) is 0.152. The summed E-state index contributed by atoms with van der Waals surface area (Å²) >= 11 is 0. The number of hydrogen-bond acceptors (Lipinski definition) is 6. The molecule has 0 aliphatic carbocycles. The Morgan fingerprint density at radius 3 is 2.74 bits per heavy atom. The van der Waals surface area contributed by atoms with Gasteiger partial charge in [0.15, 0.2) is 5.78 Å². The molecule has 1 atom stereocenters. The van der Waals surface area contributed by atoms with Gasteiger partial charge < -0.3 is 19.7 Å². The van der Waals surface area contributed by atoms with Crippen molar-refractivity contribution in [2.24, 2.45) is 0 Å². The van der Waals surface area contributed by atoms with E-state index in [0.717, 1.165) is 6.07 Å². The molecule has 1 heterocycles. The van der Waals surface area contributed by atoms with Crippen LogP contribution < -0.4 is 0 Å². The molecule has 6 nitrogen and oxygen atoms in total. The molecule has 1 aromatic carbocycles. The van der Waals surface area contributed by atoms with Gasteiger partial charge in [-0.3, -0.25) is 4.79 Å². The summed E-state index contributed by atoms with van der Waals surface area (Å²) in [6.45, 7) is 2.50. The van der Waals surface area contributed by atoms with Crippen LogP contribution in [-0.4, -0.2) is 41.3 Å².